The Hall–Kier alpha value is -1.26. The van der Waals surface area contributed by atoms with Gasteiger partial charge in [0.25, 0.3) is 6.02 Å². The Bertz CT molecular complexity index is 435. The highest BCUT2D eigenvalue weighted by atomic mass is 35.5. The number of halogens is 1. The van der Waals surface area contributed by atoms with E-state index < -0.39 is 0 Å². The van der Waals surface area contributed by atoms with E-state index in [1.807, 2.05) is 45.0 Å². The third-order valence-electron chi connectivity index (χ3n) is 2.58. The molecule has 106 valence electrons. The lowest BCUT2D eigenvalue weighted by Crippen LogP contribution is -2.29. The van der Waals surface area contributed by atoms with Gasteiger partial charge in [0.2, 0.25) is 0 Å². The van der Waals surface area contributed by atoms with Crippen LogP contribution in [0, 0.1) is 0 Å². The van der Waals surface area contributed by atoms with Crippen molar-refractivity contribution in [3.05, 3.63) is 34.9 Å². The normalized spacial score (nSPS) is 15.4. The fourth-order valence-corrected chi connectivity index (χ4v) is 2.06. The zero-order valence-corrected chi connectivity index (χ0v) is 12.5. The van der Waals surface area contributed by atoms with E-state index in [-0.39, 0.29) is 24.3 Å². The highest BCUT2D eigenvalue weighted by molar-refractivity contribution is 6.31. The lowest BCUT2D eigenvalue weighted by molar-refractivity contribution is 0.00260. The largest absolute Gasteiger partial charge is 0.459 e. The Labute approximate surface area is 119 Å². The van der Waals surface area contributed by atoms with Crippen LogP contribution in [0.5, 0.6) is 0 Å². The average molecular weight is 285 g/mol. The molecule has 0 aliphatic carbocycles. The molecule has 0 saturated heterocycles. The smallest absolute Gasteiger partial charge is 0.282 e. The van der Waals surface area contributed by atoms with Crippen molar-refractivity contribution in [1.29, 1.82) is 0 Å². The van der Waals surface area contributed by atoms with Gasteiger partial charge in [0.05, 0.1) is 0 Å². The van der Waals surface area contributed by atoms with E-state index in [4.69, 9.17) is 26.8 Å². The highest BCUT2D eigenvalue weighted by Crippen LogP contribution is 2.28. The lowest BCUT2D eigenvalue weighted by atomic mass is 10.1. The van der Waals surface area contributed by atoms with Gasteiger partial charge in [-0.05, 0) is 26.8 Å². The fourth-order valence-electron chi connectivity index (χ4n) is 1.81. The summed E-state index contributed by atoms with van der Waals surface area (Å²) in [6, 6.07) is 7.77. The molecule has 1 unspecified atom stereocenters. The predicted octanol–water partition coefficient (Wildman–Crippen LogP) is 3.16. The number of aliphatic imine (C=N–C) groups is 1. The van der Waals surface area contributed by atoms with Crippen molar-refractivity contribution in [3.63, 3.8) is 0 Å². The van der Waals surface area contributed by atoms with Crippen LogP contribution in [0.2, 0.25) is 5.02 Å². The van der Waals surface area contributed by atoms with Crippen LogP contribution in [0.1, 0.15) is 32.4 Å². The number of rotatable bonds is 5. The molecule has 1 aromatic carbocycles. The van der Waals surface area contributed by atoms with E-state index in [9.17, 15) is 0 Å². The number of hydrogen-bond acceptors (Lipinski definition) is 3. The number of methoxy groups -OCH3 is 1. The first-order valence-electron chi connectivity index (χ1n) is 6.22. The average Bonchev–Trinajstić information content (AvgIpc) is 2.31. The highest BCUT2D eigenvalue weighted by Gasteiger charge is 2.23. The van der Waals surface area contributed by atoms with Gasteiger partial charge >= 0.3 is 0 Å². The Kier molecular flexibility index (Phi) is 6.12. The topological polar surface area (TPSA) is 56.8 Å². The molecule has 2 N–H and O–H groups in total. The minimum Gasteiger partial charge on any atom is -0.459 e. The van der Waals surface area contributed by atoms with Crippen molar-refractivity contribution >= 4 is 17.6 Å². The van der Waals surface area contributed by atoms with Crippen molar-refractivity contribution in [3.8, 4) is 0 Å². The first-order valence-corrected chi connectivity index (χ1v) is 6.60. The first kappa shape index (κ1) is 15.8. The van der Waals surface area contributed by atoms with Crippen molar-refractivity contribution in [1.82, 2.24) is 0 Å². The van der Waals surface area contributed by atoms with Gasteiger partial charge in [0.1, 0.15) is 12.2 Å². The molecule has 0 radical (unpaired) electrons. The van der Waals surface area contributed by atoms with E-state index in [1.54, 1.807) is 7.11 Å². The second kappa shape index (κ2) is 7.36. The molecule has 0 heterocycles. The zero-order valence-electron chi connectivity index (χ0n) is 11.8. The minimum absolute atomic E-state index is 0.0912. The fraction of sp³-hybridized carbons (Fsp3) is 0.500. The summed E-state index contributed by atoms with van der Waals surface area (Å²) in [7, 11) is 1.61. The number of nitrogens with two attached hydrogens (primary N) is 1. The summed E-state index contributed by atoms with van der Waals surface area (Å²) in [6.45, 7) is 5.74. The van der Waals surface area contributed by atoms with Crippen molar-refractivity contribution < 1.29 is 9.47 Å². The van der Waals surface area contributed by atoms with Crippen LogP contribution in [0.3, 0.4) is 0 Å². The van der Waals surface area contributed by atoms with E-state index in [0.717, 1.165) is 5.56 Å². The molecule has 0 saturated carbocycles. The van der Waals surface area contributed by atoms with Crippen LogP contribution in [0.25, 0.3) is 0 Å². The molecule has 4 nitrogen and oxygen atoms in total. The zero-order chi connectivity index (χ0) is 14.4. The van der Waals surface area contributed by atoms with Gasteiger partial charge in [-0.3, -0.25) is 0 Å². The Balaban J connectivity index is 2.83. The van der Waals surface area contributed by atoms with Crippen LogP contribution in [-0.2, 0) is 9.47 Å². The van der Waals surface area contributed by atoms with Gasteiger partial charge in [-0.25, -0.2) is 4.99 Å². The summed E-state index contributed by atoms with van der Waals surface area (Å²) >= 11 is 6.17. The van der Waals surface area contributed by atoms with Gasteiger partial charge in [-0.1, -0.05) is 29.8 Å². The number of nitrogens with zero attached hydrogens (tertiary/aromatic N) is 1. The van der Waals surface area contributed by atoms with Gasteiger partial charge < -0.3 is 15.2 Å². The maximum absolute atomic E-state index is 6.17. The SMILES string of the molecule is COC(c1ccccc1Cl)[C@@H](C)OC(N)=NC(C)C. The van der Waals surface area contributed by atoms with Gasteiger partial charge in [-0.2, -0.15) is 0 Å². The maximum Gasteiger partial charge on any atom is 0.282 e. The molecule has 0 bridgehead atoms. The summed E-state index contributed by atoms with van der Waals surface area (Å²) in [4.78, 5) is 4.13. The van der Waals surface area contributed by atoms with Gasteiger partial charge in [0, 0.05) is 23.7 Å². The first-order chi connectivity index (χ1) is 8.95. The molecule has 0 fully saturated rings. The molecule has 0 amide bonds. The molecule has 2 atom stereocenters. The standard InChI is InChI=1S/C14H21ClN2O2/c1-9(2)17-14(16)19-10(3)13(18-4)11-7-5-6-8-12(11)15/h5-10,13H,1-4H3,(H2,16,17)/t10-,13?/m1/s1. The number of ether oxygens (including phenoxy) is 2. The van der Waals surface area contributed by atoms with E-state index in [0.29, 0.717) is 5.02 Å². The van der Waals surface area contributed by atoms with Crippen LogP contribution in [0.4, 0.5) is 0 Å². The van der Waals surface area contributed by atoms with Crippen LogP contribution < -0.4 is 5.73 Å². The monoisotopic (exact) mass is 284 g/mol. The van der Waals surface area contributed by atoms with Crippen LogP contribution in [-0.4, -0.2) is 25.3 Å². The molecule has 5 heteroatoms. The lowest BCUT2D eigenvalue weighted by Gasteiger charge is -2.24. The summed E-state index contributed by atoms with van der Waals surface area (Å²) < 4.78 is 11.0. The third-order valence-corrected chi connectivity index (χ3v) is 2.93. The Morgan fingerprint density at radius 1 is 1.26 bits per heavy atom. The molecule has 0 aromatic heterocycles. The molecule has 1 aromatic rings. The molecular formula is C14H21ClN2O2. The van der Waals surface area contributed by atoms with Crippen LogP contribution in [0.15, 0.2) is 29.3 Å². The molecule has 1 rings (SSSR count). The summed E-state index contributed by atoms with van der Waals surface area (Å²) in [5.74, 6) is 0. The quantitative estimate of drug-likeness (QED) is 0.667. The molecule has 0 spiro atoms. The predicted molar refractivity (Wildman–Crippen MR) is 78.5 cm³/mol. The maximum atomic E-state index is 6.17. The second-order valence-corrected chi connectivity index (χ2v) is 4.97. The van der Waals surface area contributed by atoms with Gasteiger partial charge in [0.15, 0.2) is 0 Å². The summed E-state index contributed by atoms with van der Waals surface area (Å²) in [5.41, 5.74) is 6.60. The van der Waals surface area contributed by atoms with Crippen LogP contribution >= 0.6 is 11.6 Å². The van der Waals surface area contributed by atoms with Crippen molar-refractivity contribution in [2.45, 2.75) is 39.0 Å². The number of benzene rings is 1. The summed E-state index contributed by atoms with van der Waals surface area (Å²) in [5, 5.41) is 0.643. The Morgan fingerprint density at radius 2 is 1.89 bits per heavy atom. The van der Waals surface area contributed by atoms with Crippen molar-refractivity contribution in [2.75, 3.05) is 7.11 Å². The number of amidine groups is 1. The van der Waals surface area contributed by atoms with E-state index in [2.05, 4.69) is 4.99 Å². The molecule has 0 aliphatic heterocycles. The summed E-state index contributed by atoms with van der Waals surface area (Å²) in [6.07, 6.45) is -0.581. The second-order valence-electron chi connectivity index (χ2n) is 4.56. The van der Waals surface area contributed by atoms with Crippen molar-refractivity contribution in [2.24, 2.45) is 10.7 Å². The van der Waals surface area contributed by atoms with E-state index in [1.165, 1.54) is 0 Å². The third kappa shape index (κ3) is 4.73. The Morgan fingerprint density at radius 3 is 2.42 bits per heavy atom. The van der Waals surface area contributed by atoms with E-state index >= 15 is 0 Å². The minimum atomic E-state index is -0.297. The van der Waals surface area contributed by atoms with Gasteiger partial charge in [-0.15, -0.1) is 0 Å². The molecule has 19 heavy (non-hydrogen) atoms. The molecule has 0 aliphatic rings. The molecular weight excluding hydrogens is 264 g/mol. The number of hydrogen-bond donors (Lipinski definition) is 1.